The van der Waals surface area contributed by atoms with Gasteiger partial charge in [-0.25, -0.2) is 8.42 Å². The van der Waals surface area contributed by atoms with Crippen molar-refractivity contribution < 1.29 is 18.0 Å². The minimum Gasteiger partial charge on any atom is -0.348 e. The van der Waals surface area contributed by atoms with Gasteiger partial charge in [0.2, 0.25) is 0 Å². The summed E-state index contributed by atoms with van der Waals surface area (Å²) in [5, 5.41) is 2.79. The molecule has 3 rings (SSSR count). The van der Waals surface area contributed by atoms with E-state index in [9.17, 15) is 18.0 Å². The highest BCUT2D eigenvalue weighted by Gasteiger charge is 2.22. The molecule has 2 aromatic rings. The van der Waals surface area contributed by atoms with Crippen molar-refractivity contribution >= 4 is 21.7 Å². The predicted octanol–water partition coefficient (Wildman–Crippen LogP) is 3.43. The van der Waals surface area contributed by atoms with Crippen molar-refractivity contribution in [2.45, 2.75) is 44.0 Å². The highest BCUT2D eigenvalue weighted by atomic mass is 32.2. The number of amides is 2. The van der Waals surface area contributed by atoms with Crippen LogP contribution < -0.4 is 5.32 Å². The van der Waals surface area contributed by atoms with Gasteiger partial charge in [-0.05, 0) is 55.5 Å². The molecule has 6 nitrogen and oxygen atoms in total. The first-order chi connectivity index (χ1) is 14.4. The monoisotopic (exact) mass is 428 g/mol. The first-order valence-corrected chi connectivity index (χ1v) is 12.1. The number of benzene rings is 2. The summed E-state index contributed by atoms with van der Waals surface area (Å²) < 4.78 is 25.0. The Morgan fingerprint density at radius 2 is 1.73 bits per heavy atom. The van der Waals surface area contributed by atoms with Crippen LogP contribution >= 0.6 is 0 Å². The van der Waals surface area contributed by atoms with E-state index in [0.717, 1.165) is 37.9 Å². The fourth-order valence-electron chi connectivity index (χ4n) is 3.68. The quantitative estimate of drug-likeness (QED) is 0.732. The average Bonchev–Trinajstić information content (AvgIpc) is 2.77. The molecule has 160 valence electrons. The van der Waals surface area contributed by atoms with Crippen LogP contribution in [0, 0.1) is 0 Å². The van der Waals surface area contributed by atoms with E-state index in [1.54, 1.807) is 37.3 Å². The molecule has 30 heavy (non-hydrogen) atoms. The number of carbonyl (C=O) groups excluding carboxylic acids is 2. The van der Waals surface area contributed by atoms with E-state index in [2.05, 4.69) is 5.32 Å². The fourth-order valence-corrected chi connectivity index (χ4v) is 5.21. The zero-order chi connectivity index (χ0) is 21.6. The first-order valence-electron chi connectivity index (χ1n) is 10.4. The van der Waals surface area contributed by atoms with Crippen molar-refractivity contribution in [1.82, 2.24) is 10.2 Å². The zero-order valence-electron chi connectivity index (χ0n) is 17.3. The summed E-state index contributed by atoms with van der Waals surface area (Å²) in [5.41, 5.74) is 1.54. The molecule has 0 spiro atoms. The number of piperidine rings is 1. The fraction of sp³-hybridized carbons (Fsp3) is 0.391. The van der Waals surface area contributed by atoms with E-state index in [1.165, 1.54) is 12.1 Å². The van der Waals surface area contributed by atoms with Crippen LogP contribution in [0.25, 0.3) is 0 Å². The van der Waals surface area contributed by atoms with Gasteiger partial charge >= 0.3 is 0 Å². The van der Waals surface area contributed by atoms with Crippen LogP contribution in [0.15, 0.2) is 53.4 Å². The summed E-state index contributed by atoms with van der Waals surface area (Å²) in [6.45, 7) is 3.56. The minimum atomic E-state index is -3.51. The second kappa shape index (κ2) is 9.89. The van der Waals surface area contributed by atoms with Gasteiger partial charge in [0.1, 0.15) is 0 Å². The molecule has 1 heterocycles. The van der Waals surface area contributed by atoms with Crippen LogP contribution in [-0.4, -0.2) is 44.0 Å². The van der Waals surface area contributed by atoms with E-state index in [4.69, 9.17) is 0 Å². The summed E-state index contributed by atoms with van der Waals surface area (Å²) in [6.07, 6.45) is 3.70. The highest BCUT2D eigenvalue weighted by Crippen LogP contribution is 2.18. The summed E-state index contributed by atoms with van der Waals surface area (Å²) in [6, 6.07) is 13.5. The normalized spacial score (nSPS) is 14.4. The number of nitrogens with one attached hydrogen (secondary N) is 1. The number of carbonyl (C=O) groups is 2. The number of rotatable bonds is 7. The van der Waals surface area contributed by atoms with Crippen molar-refractivity contribution in [3.8, 4) is 0 Å². The molecule has 1 saturated heterocycles. The van der Waals surface area contributed by atoms with Crippen LogP contribution in [0.5, 0.6) is 0 Å². The van der Waals surface area contributed by atoms with Gasteiger partial charge < -0.3 is 10.2 Å². The second-order valence-corrected chi connectivity index (χ2v) is 9.63. The van der Waals surface area contributed by atoms with Crippen molar-refractivity contribution in [2.24, 2.45) is 0 Å². The van der Waals surface area contributed by atoms with Crippen molar-refractivity contribution in [2.75, 3.05) is 18.8 Å². The van der Waals surface area contributed by atoms with Crippen molar-refractivity contribution in [1.29, 1.82) is 0 Å². The molecule has 0 radical (unpaired) electrons. The molecule has 0 bridgehead atoms. The van der Waals surface area contributed by atoms with E-state index in [1.807, 2.05) is 11.0 Å². The average molecular weight is 429 g/mol. The molecule has 0 atom stereocenters. The molecule has 2 aromatic carbocycles. The lowest BCUT2D eigenvalue weighted by Gasteiger charge is -2.26. The largest absolute Gasteiger partial charge is 0.348 e. The van der Waals surface area contributed by atoms with Crippen LogP contribution in [0.3, 0.4) is 0 Å². The summed E-state index contributed by atoms with van der Waals surface area (Å²) >= 11 is 0. The van der Waals surface area contributed by atoms with Crippen LogP contribution in [0.2, 0.25) is 0 Å². The van der Waals surface area contributed by atoms with E-state index >= 15 is 0 Å². The Balaban J connectivity index is 1.71. The van der Waals surface area contributed by atoms with E-state index in [-0.39, 0.29) is 28.7 Å². The third-order valence-corrected chi connectivity index (χ3v) is 7.18. The van der Waals surface area contributed by atoms with Crippen molar-refractivity contribution in [3.63, 3.8) is 0 Å². The number of hydrogen-bond acceptors (Lipinski definition) is 4. The standard InChI is InChI=1S/C23H28N2O4S/c1-2-15-30(28,29)21-12-5-4-11-20(21)22(26)24-17-18-9-8-10-19(16-18)23(27)25-13-6-3-7-14-25/h4-5,8-12,16H,2-3,6-7,13-15,17H2,1H3,(H,24,26). The Kier molecular flexibility index (Phi) is 7.26. The first kappa shape index (κ1) is 22.0. The van der Waals surface area contributed by atoms with Crippen LogP contribution in [-0.2, 0) is 16.4 Å². The summed E-state index contributed by atoms with van der Waals surface area (Å²) in [5.74, 6) is -0.435. The van der Waals surface area contributed by atoms with Crippen LogP contribution in [0.4, 0.5) is 0 Å². The third kappa shape index (κ3) is 5.27. The molecule has 2 amide bonds. The molecule has 1 fully saturated rings. The number of sulfone groups is 1. The van der Waals surface area contributed by atoms with E-state index < -0.39 is 15.7 Å². The van der Waals surface area contributed by atoms with Gasteiger partial charge in [-0.15, -0.1) is 0 Å². The molecule has 1 N–H and O–H groups in total. The van der Waals surface area contributed by atoms with Gasteiger partial charge in [-0.1, -0.05) is 31.2 Å². The van der Waals surface area contributed by atoms with Gasteiger partial charge in [0.25, 0.3) is 11.8 Å². The lowest BCUT2D eigenvalue weighted by molar-refractivity contribution is 0.0724. The number of likely N-dealkylation sites (tertiary alicyclic amines) is 1. The maximum atomic E-state index is 12.7. The maximum Gasteiger partial charge on any atom is 0.253 e. The third-order valence-electron chi connectivity index (χ3n) is 5.21. The second-order valence-electron chi connectivity index (χ2n) is 7.55. The molecule has 0 aliphatic carbocycles. The topological polar surface area (TPSA) is 83.5 Å². The molecule has 0 unspecified atom stereocenters. The Labute approximate surface area is 178 Å². The maximum absolute atomic E-state index is 12.7. The lowest BCUT2D eigenvalue weighted by atomic mass is 10.1. The highest BCUT2D eigenvalue weighted by molar-refractivity contribution is 7.91. The van der Waals surface area contributed by atoms with E-state index in [0.29, 0.717) is 12.0 Å². The van der Waals surface area contributed by atoms with Crippen LogP contribution in [0.1, 0.15) is 58.9 Å². The Hall–Kier alpha value is -2.67. The lowest BCUT2D eigenvalue weighted by Crippen LogP contribution is -2.35. The Bertz CT molecular complexity index is 1010. The van der Waals surface area contributed by atoms with Gasteiger partial charge in [-0.2, -0.15) is 0 Å². The Morgan fingerprint density at radius 3 is 2.47 bits per heavy atom. The molecule has 0 saturated carbocycles. The molecular formula is C23H28N2O4S. The Morgan fingerprint density at radius 1 is 1.00 bits per heavy atom. The number of hydrogen-bond donors (Lipinski definition) is 1. The van der Waals surface area contributed by atoms with Gasteiger partial charge in [-0.3, -0.25) is 9.59 Å². The molecule has 1 aliphatic rings. The minimum absolute atomic E-state index is 0.00203. The molecule has 7 heteroatoms. The predicted molar refractivity (Wildman–Crippen MR) is 116 cm³/mol. The summed E-state index contributed by atoms with van der Waals surface area (Å²) in [4.78, 5) is 27.3. The molecule has 0 aromatic heterocycles. The SMILES string of the molecule is CCCS(=O)(=O)c1ccccc1C(=O)NCc1cccc(C(=O)N2CCCCC2)c1. The molecular weight excluding hydrogens is 400 g/mol. The number of nitrogens with zero attached hydrogens (tertiary/aromatic N) is 1. The molecule has 1 aliphatic heterocycles. The van der Waals surface area contributed by atoms with Crippen molar-refractivity contribution in [3.05, 3.63) is 65.2 Å². The van der Waals surface area contributed by atoms with Gasteiger partial charge in [0.05, 0.1) is 16.2 Å². The van der Waals surface area contributed by atoms with Gasteiger partial charge in [0.15, 0.2) is 9.84 Å². The van der Waals surface area contributed by atoms with Gasteiger partial charge in [0, 0.05) is 25.2 Å². The zero-order valence-corrected chi connectivity index (χ0v) is 18.1. The summed E-state index contributed by atoms with van der Waals surface area (Å²) in [7, 11) is -3.51. The smallest absolute Gasteiger partial charge is 0.253 e.